The molecule has 0 aliphatic carbocycles. The Morgan fingerprint density at radius 3 is 2.52 bits per heavy atom. The Morgan fingerprint density at radius 1 is 0.920 bits per heavy atom. The van der Waals surface area contributed by atoms with Crippen LogP contribution in [0.15, 0.2) is 48.7 Å². The average Bonchev–Trinajstić information content (AvgIpc) is 2.67. The number of hydrogen-bond donors (Lipinski definition) is 0. The van der Waals surface area contributed by atoms with E-state index in [9.17, 15) is 0 Å². The molecule has 128 valence electrons. The topological polar surface area (TPSA) is 40.6 Å². The van der Waals surface area contributed by atoms with E-state index in [0.29, 0.717) is 6.61 Å². The fourth-order valence-electron chi connectivity index (χ4n) is 2.80. The summed E-state index contributed by atoms with van der Waals surface area (Å²) in [6.07, 6.45) is 5.93. The highest BCUT2D eigenvalue weighted by Crippen LogP contribution is 2.28. The number of rotatable bonds is 6. The van der Waals surface area contributed by atoms with Crippen LogP contribution in [0.1, 0.15) is 16.7 Å². The summed E-state index contributed by atoms with van der Waals surface area (Å²) >= 11 is 0. The summed E-state index contributed by atoms with van der Waals surface area (Å²) in [7, 11) is 5.02. The summed E-state index contributed by atoms with van der Waals surface area (Å²) in [5, 5.41) is 1.05. The van der Waals surface area contributed by atoms with E-state index < -0.39 is 0 Å². The summed E-state index contributed by atoms with van der Waals surface area (Å²) in [6.45, 7) is 0.550. The molecule has 3 rings (SSSR count). The van der Waals surface area contributed by atoms with Crippen LogP contribution >= 0.6 is 0 Å². The first kappa shape index (κ1) is 17.0. The molecule has 0 saturated carbocycles. The zero-order valence-electron chi connectivity index (χ0n) is 14.7. The second-order valence-corrected chi connectivity index (χ2v) is 5.59. The van der Waals surface area contributed by atoms with E-state index in [4.69, 9.17) is 14.2 Å². The molecule has 0 fully saturated rings. The zero-order valence-corrected chi connectivity index (χ0v) is 14.7. The molecule has 0 bridgehead atoms. The van der Waals surface area contributed by atoms with Crippen LogP contribution in [0.2, 0.25) is 0 Å². The van der Waals surface area contributed by atoms with E-state index in [1.54, 1.807) is 27.5 Å². The fraction of sp³-hybridized carbons (Fsp3) is 0.190. The van der Waals surface area contributed by atoms with Crippen LogP contribution < -0.4 is 9.47 Å². The molecule has 0 N–H and O–H groups in total. The number of ether oxygens (including phenoxy) is 3. The highest BCUT2D eigenvalue weighted by atomic mass is 16.5. The maximum absolute atomic E-state index is 5.41. The largest absolute Gasteiger partial charge is 0.497 e. The molecule has 0 radical (unpaired) electrons. The van der Waals surface area contributed by atoms with Gasteiger partial charge in [-0.1, -0.05) is 30.4 Å². The highest BCUT2D eigenvalue weighted by molar-refractivity contribution is 5.94. The predicted octanol–water partition coefficient (Wildman–Crippen LogP) is 4.57. The lowest BCUT2D eigenvalue weighted by atomic mass is 10.0. The number of pyridine rings is 1. The van der Waals surface area contributed by atoms with Crippen LogP contribution in [-0.4, -0.2) is 26.3 Å². The van der Waals surface area contributed by atoms with Crippen molar-refractivity contribution in [2.24, 2.45) is 0 Å². The minimum Gasteiger partial charge on any atom is -0.497 e. The molecule has 4 nitrogen and oxygen atoms in total. The molecule has 0 amide bonds. The molecule has 1 aromatic heterocycles. The van der Waals surface area contributed by atoms with Crippen LogP contribution in [0, 0.1) is 0 Å². The van der Waals surface area contributed by atoms with Gasteiger partial charge in [0.1, 0.15) is 17.0 Å². The maximum atomic E-state index is 5.41. The Balaban J connectivity index is 2.04. The molecule has 0 saturated heterocycles. The summed E-state index contributed by atoms with van der Waals surface area (Å²) in [4.78, 5) is 4.44. The van der Waals surface area contributed by atoms with Gasteiger partial charge in [-0.2, -0.15) is 0 Å². The van der Waals surface area contributed by atoms with Crippen LogP contribution in [0.4, 0.5) is 0 Å². The van der Waals surface area contributed by atoms with E-state index in [1.807, 2.05) is 42.5 Å². The van der Waals surface area contributed by atoms with E-state index in [1.165, 1.54) is 0 Å². The predicted molar refractivity (Wildman–Crippen MR) is 101 cm³/mol. The van der Waals surface area contributed by atoms with Crippen LogP contribution in [0.25, 0.3) is 23.1 Å². The number of aromatic nitrogens is 1. The van der Waals surface area contributed by atoms with Gasteiger partial charge < -0.3 is 14.2 Å². The Labute approximate surface area is 147 Å². The average molecular weight is 335 g/mol. The molecule has 3 aromatic rings. The highest BCUT2D eigenvalue weighted by Gasteiger charge is 2.06. The summed E-state index contributed by atoms with van der Waals surface area (Å²) in [5.41, 5.74) is 4.11. The smallest absolute Gasteiger partial charge is 0.145 e. The van der Waals surface area contributed by atoms with Gasteiger partial charge in [0, 0.05) is 18.7 Å². The molecule has 0 aliphatic rings. The van der Waals surface area contributed by atoms with Gasteiger partial charge in [-0.05, 0) is 41.0 Å². The molecule has 2 aromatic carbocycles. The van der Waals surface area contributed by atoms with E-state index >= 15 is 0 Å². The quantitative estimate of drug-likeness (QED) is 0.619. The van der Waals surface area contributed by atoms with Gasteiger partial charge in [0.15, 0.2) is 0 Å². The van der Waals surface area contributed by atoms with Crippen LogP contribution in [0.3, 0.4) is 0 Å². The van der Waals surface area contributed by atoms with Crippen molar-refractivity contribution >= 4 is 23.1 Å². The van der Waals surface area contributed by atoms with Crippen LogP contribution in [0.5, 0.6) is 11.5 Å². The number of fused-ring (bicyclic) bond motifs is 1. The Morgan fingerprint density at radius 2 is 1.76 bits per heavy atom. The van der Waals surface area contributed by atoms with Crippen molar-refractivity contribution in [1.29, 1.82) is 0 Å². The van der Waals surface area contributed by atoms with E-state index in [2.05, 4.69) is 17.1 Å². The van der Waals surface area contributed by atoms with Crippen LogP contribution in [-0.2, 0) is 11.3 Å². The Hall–Kier alpha value is -2.85. The third kappa shape index (κ3) is 3.64. The zero-order chi connectivity index (χ0) is 17.6. The van der Waals surface area contributed by atoms with Gasteiger partial charge in [0.25, 0.3) is 0 Å². The fourth-order valence-corrected chi connectivity index (χ4v) is 2.80. The SMILES string of the molecule is COCc1ccc(OC)cc1/C=C/c1ccc(OC)c2ncccc12. The molecule has 0 aliphatic heterocycles. The van der Waals surface area contributed by atoms with Gasteiger partial charge in [-0.3, -0.25) is 4.98 Å². The first-order valence-corrected chi connectivity index (χ1v) is 8.02. The van der Waals surface area contributed by atoms with Crippen molar-refractivity contribution in [3.8, 4) is 11.5 Å². The van der Waals surface area contributed by atoms with Gasteiger partial charge in [-0.15, -0.1) is 0 Å². The van der Waals surface area contributed by atoms with Gasteiger partial charge in [0.05, 0.1) is 20.8 Å². The molecular formula is C21H21NO3. The van der Waals surface area contributed by atoms with E-state index in [0.717, 1.165) is 39.1 Å². The van der Waals surface area contributed by atoms with Crippen molar-refractivity contribution in [1.82, 2.24) is 4.98 Å². The Kier molecular flexibility index (Phi) is 5.31. The number of benzene rings is 2. The lowest BCUT2D eigenvalue weighted by Gasteiger charge is -2.09. The second kappa shape index (κ2) is 7.81. The lowest BCUT2D eigenvalue weighted by Crippen LogP contribution is -1.93. The molecule has 1 heterocycles. The first-order valence-electron chi connectivity index (χ1n) is 8.02. The number of nitrogens with zero attached hydrogens (tertiary/aromatic N) is 1. The monoisotopic (exact) mass is 335 g/mol. The molecule has 0 spiro atoms. The molecule has 0 unspecified atom stereocenters. The van der Waals surface area contributed by atoms with Crippen molar-refractivity contribution in [2.75, 3.05) is 21.3 Å². The molecule has 0 atom stereocenters. The summed E-state index contributed by atoms with van der Waals surface area (Å²) in [5.74, 6) is 1.59. The maximum Gasteiger partial charge on any atom is 0.145 e. The van der Waals surface area contributed by atoms with Crippen molar-refractivity contribution in [3.05, 3.63) is 65.4 Å². The first-order chi connectivity index (χ1) is 12.3. The standard InChI is InChI=1S/C21H21NO3/c1-23-14-17-8-10-18(24-2)13-16(17)7-6-15-9-11-20(25-3)21-19(15)5-4-12-22-21/h4-13H,14H2,1-3H3/b7-6+. The molecular weight excluding hydrogens is 314 g/mol. The van der Waals surface area contributed by atoms with Crippen molar-refractivity contribution in [3.63, 3.8) is 0 Å². The lowest BCUT2D eigenvalue weighted by molar-refractivity contribution is 0.184. The number of hydrogen-bond acceptors (Lipinski definition) is 4. The molecule has 25 heavy (non-hydrogen) atoms. The second-order valence-electron chi connectivity index (χ2n) is 5.59. The van der Waals surface area contributed by atoms with Gasteiger partial charge in [-0.25, -0.2) is 0 Å². The third-order valence-electron chi connectivity index (χ3n) is 4.08. The number of methoxy groups -OCH3 is 3. The summed E-state index contributed by atoms with van der Waals surface area (Å²) < 4.78 is 16.0. The third-order valence-corrected chi connectivity index (χ3v) is 4.08. The van der Waals surface area contributed by atoms with Crippen molar-refractivity contribution in [2.45, 2.75) is 6.61 Å². The minimum atomic E-state index is 0.550. The summed E-state index contributed by atoms with van der Waals surface area (Å²) in [6, 6.07) is 13.9. The van der Waals surface area contributed by atoms with Crippen molar-refractivity contribution < 1.29 is 14.2 Å². The van der Waals surface area contributed by atoms with Gasteiger partial charge >= 0.3 is 0 Å². The normalized spacial score (nSPS) is 11.2. The Bertz CT molecular complexity index is 903. The van der Waals surface area contributed by atoms with E-state index in [-0.39, 0.29) is 0 Å². The molecule has 4 heteroatoms. The van der Waals surface area contributed by atoms with Gasteiger partial charge in [0.2, 0.25) is 0 Å². The minimum absolute atomic E-state index is 0.550.